The third-order valence-electron chi connectivity index (χ3n) is 4.06. The van der Waals surface area contributed by atoms with Crippen molar-refractivity contribution < 1.29 is 28.3 Å². The monoisotopic (exact) mass is 365 g/mol. The van der Waals surface area contributed by atoms with Crippen LogP contribution in [0, 0.1) is 0 Å². The van der Waals surface area contributed by atoms with E-state index in [-0.39, 0.29) is 6.61 Å². The van der Waals surface area contributed by atoms with Gasteiger partial charge >= 0.3 is 7.82 Å². The van der Waals surface area contributed by atoms with Gasteiger partial charge in [-0.1, -0.05) is 0 Å². The van der Waals surface area contributed by atoms with Crippen molar-refractivity contribution in [1.29, 1.82) is 0 Å². The van der Waals surface area contributed by atoms with E-state index in [1.165, 1.54) is 0 Å². The van der Waals surface area contributed by atoms with Crippen molar-refractivity contribution in [2.24, 2.45) is 0 Å². The van der Waals surface area contributed by atoms with Crippen LogP contribution in [0.2, 0.25) is 0 Å². The fraction of sp³-hybridized carbons (Fsp3) is 0.294. The van der Waals surface area contributed by atoms with Crippen LogP contribution in [0.5, 0.6) is 11.5 Å². The molecule has 25 heavy (non-hydrogen) atoms. The number of hydrogen-bond acceptors (Lipinski definition) is 4. The highest BCUT2D eigenvalue weighted by Crippen LogP contribution is 2.36. The van der Waals surface area contributed by atoms with Gasteiger partial charge in [0.25, 0.3) is 0 Å². The second-order valence-electron chi connectivity index (χ2n) is 5.60. The maximum absolute atomic E-state index is 10.8. The summed E-state index contributed by atoms with van der Waals surface area (Å²) in [7, 11) is -1.18. The summed E-state index contributed by atoms with van der Waals surface area (Å²) < 4.78 is 28.1. The molecule has 134 valence electrons. The number of benzene rings is 2. The Kier molecular flexibility index (Phi) is 5.01. The van der Waals surface area contributed by atoms with E-state index in [0.29, 0.717) is 13.0 Å². The molecule has 0 saturated carbocycles. The number of aryl methyl sites for hydroxylation is 1. The van der Waals surface area contributed by atoms with E-state index < -0.39 is 7.82 Å². The average Bonchev–Trinajstić information content (AvgIpc) is 2.90. The lowest BCUT2D eigenvalue weighted by Gasteiger charge is -2.09. The van der Waals surface area contributed by atoms with Gasteiger partial charge in [-0.3, -0.25) is 4.52 Å². The van der Waals surface area contributed by atoms with E-state index in [2.05, 4.69) is 9.09 Å². The van der Waals surface area contributed by atoms with Crippen LogP contribution in [0.4, 0.5) is 0 Å². The number of fused-ring (bicyclic) bond motifs is 3. The second kappa shape index (κ2) is 7.06. The molecule has 8 heteroatoms. The maximum atomic E-state index is 10.8. The highest BCUT2D eigenvalue weighted by Gasteiger charge is 2.15. The molecular weight excluding hydrogens is 345 g/mol. The van der Waals surface area contributed by atoms with Crippen LogP contribution in [-0.2, 0) is 15.6 Å². The largest absolute Gasteiger partial charge is 0.497 e. The molecule has 0 atom stereocenters. The molecule has 0 radical (unpaired) electrons. The zero-order valence-corrected chi connectivity index (χ0v) is 14.9. The first-order chi connectivity index (χ1) is 11.9. The molecule has 2 aromatic carbocycles. The molecule has 1 aromatic heterocycles. The number of methoxy groups -OCH3 is 2. The van der Waals surface area contributed by atoms with Gasteiger partial charge in [-0.15, -0.1) is 0 Å². The van der Waals surface area contributed by atoms with Gasteiger partial charge in [0, 0.05) is 28.4 Å². The van der Waals surface area contributed by atoms with Crippen LogP contribution in [0.15, 0.2) is 36.4 Å². The van der Waals surface area contributed by atoms with Gasteiger partial charge in [0.15, 0.2) is 0 Å². The molecule has 0 amide bonds. The number of aromatic nitrogens is 1. The predicted molar refractivity (Wildman–Crippen MR) is 95.2 cm³/mol. The van der Waals surface area contributed by atoms with E-state index >= 15 is 0 Å². The van der Waals surface area contributed by atoms with Gasteiger partial charge < -0.3 is 23.8 Å². The third-order valence-corrected chi connectivity index (χ3v) is 4.58. The smallest absolute Gasteiger partial charge is 0.469 e. The minimum Gasteiger partial charge on any atom is -0.497 e. The molecule has 3 rings (SSSR count). The third kappa shape index (κ3) is 3.80. The lowest BCUT2D eigenvalue weighted by atomic mass is 10.1. The summed E-state index contributed by atoms with van der Waals surface area (Å²) in [5.41, 5.74) is 2.03. The van der Waals surface area contributed by atoms with Gasteiger partial charge in [0.05, 0.1) is 20.8 Å². The van der Waals surface area contributed by atoms with Crippen molar-refractivity contribution in [3.63, 3.8) is 0 Å². The summed E-state index contributed by atoms with van der Waals surface area (Å²) in [6, 6.07) is 11.7. The van der Waals surface area contributed by atoms with Crippen molar-refractivity contribution in [3.05, 3.63) is 36.4 Å². The number of ether oxygens (including phenoxy) is 2. The van der Waals surface area contributed by atoms with Crippen molar-refractivity contribution in [1.82, 2.24) is 4.57 Å². The molecule has 0 aliphatic heterocycles. The molecule has 0 fully saturated rings. The molecule has 0 saturated heterocycles. The summed E-state index contributed by atoms with van der Waals surface area (Å²) >= 11 is 0. The topological polar surface area (TPSA) is 90.2 Å². The summed E-state index contributed by atoms with van der Waals surface area (Å²) in [4.78, 5) is 17.6. The lowest BCUT2D eigenvalue weighted by molar-refractivity contribution is 0.192. The minimum absolute atomic E-state index is 0.0161. The molecule has 1 heterocycles. The first-order valence-corrected chi connectivity index (χ1v) is 9.30. The number of phosphoric acid groups is 1. The normalized spacial score (nSPS) is 12.0. The summed E-state index contributed by atoms with van der Waals surface area (Å²) in [5.74, 6) is 1.53. The van der Waals surface area contributed by atoms with Crippen LogP contribution in [-0.4, -0.2) is 35.2 Å². The zero-order chi connectivity index (χ0) is 18.0. The van der Waals surface area contributed by atoms with E-state index in [0.717, 1.165) is 33.3 Å². The van der Waals surface area contributed by atoms with Crippen LogP contribution in [0.1, 0.15) is 6.42 Å². The molecular formula is C17H20NO6P. The van der Waals surface area contributed by atoms with Crippen molar-refractivity contribution in [3.8, 4) is 11.5 Å². The van der Waals surface area contributed by atoms with Crippen LogP contribution in [0.3, 0.4) is 0 Å². The van der Waals surface area contributed by atoms with E-state index in [9.17, 15) is 4.57 Å². The summed E-state index contributed by atoms with van der Waals surface area (Å²) in [5, 5.41) is 2.06. The molecule has 0 spiro atoms. The molecule has 7 nitrogen and oxygen atoms in total. The van der Waals surface area contributed by atoms with Crippen LogP contribution < -0.4 is 9.47 Å². The summed E-state index contributed by atoms with van der Waals surface area (Å²) in [6.07, 6.45) is 0.474. The highest BCUT2D eigenvalue weighted by molar-refractivity contribution is 7.46. The number of hydrogen-bond donors (Lipinski definition) is 2. The fourth-order valence-electron chi connectivity index (χ4n) is 2.96. The first-order valence-electron chi connectivity index (χ1n) is 7.77. The van der Waals surface area contributed by atoms with Gasteiger partial charge in [-0.25, -0.2) is 4.57 Å². The summed E-state index contributed by atoms with van der Waals surface area (Å²) in [6.45, 7) is 0.552. The van der Waals surface area contributed by atoms with Gasteiger partial charge in [-0.05, 0) is 42.8 Å². The number of rotatable bonds is 7. The SMILES string of the molecule is COc1ccc2c(c1)c1cc(OC)ccc1n2CCCOP(=O)(O)O. The Morgan fingerprint density at radius 2 is 1.48 bits per heavy atom. The highest BCUT2D eigenvalue weighted by atomic mass is 31.2. The first kappa shape index (κ1) is 17.8. The predicted octanol–water partition coefficient (Wildman–Crippen LogP) is 3.31. The standard InChI is InChI=1S/C17H20NO6P/c1-22-12-4-6-16-14(10-12)15-11-13(23-2)5-7-17(15)18(16)8-3-9-24-25(19,20)21/h4-7,10-11H,3,8-9H2,1-2H3,(H2,19,20,21). The fourth-order valence-corrected chi connectivity index (χ4v) is 3.33. The second-order valence-corrected chi connectivity index (χ2v) is 6.83. The van der Waals surface area contributed by atoms with Gasteiger partial charge in [0.2, 0.25) is 0 Å². The molecule has 0 aliphatic rings. The van der Waals surface area contributed by atoms with Gasteiger partial charge in [0.1, 0.15) is 11.5 Å². The lowest BCUT2D eigenvalue weighted by Crippen LogP contribution is -2.02. The molecule has 2 N–H and O–H groups in total. The Hall–Kier alpha value is -2.05. The quantitative estimate of drug-likeness (QED) is 0.493. The molecule has 3 aromatic rings. The van der Waals surface area contributed by atoms with Crippen LogP contribution in [0.25, 0.3) is 21.8 Å². The number of nitrogens with zero attached hydrogens (tertiary/aromatic N) is 1. The van der Waals surface area contributed by atoms with Crippen molar-refractivity contribution >= 4 is 29.6 Å². The van der Waals surface area contributed by atoms with Crippen LogP contribution >= 0.6 is 7.82 Å². The van der Waals surface area contributed by atoms with Crippen molar-refractivity contribution in [2.45, 2.75) is 13.0 Å². The maximum Gasteiger partial charge on any atom is 0.469 e. The molecule has 0 unspecified atom stereocenters. The van der Waals surface area contributed by atoms with E-state index in [1.807, 2.05) is 36.4 Å². The Balaban J connectivity index is 2.01. The molecule has 0 bridgehead atoms. The Morgan fingerprint density at radius 3 is 1.92 bits per heavy atom. The van der Waals surface area contributed by atoms with E-state index in [1.54, 1.807) is 14.2 Å². The Bertz CT molecular complexity index is 884. The Morgan fingerprint density at radius 1 is 0.960 bits per heavy atom. The Labute approximate surface area is 145 Å². The molecule has 0 aliphatic carbocycles. The van der Waals surface area contributed by atoms with Gasteiger partial charge in [-0.2, -0.15) is 0 Å². The average molecular weight is 365 g/mol. The van der Waals surface area contributed by atoms with Crippen molar-refractivity contribution in [2.75, 3.05) is 20.8 Å². The zero-order valence-electron chi connectivity index (χ0n) is 14.0. The van der Waals surface area contributed by atoms with E-state index in [4.69, 9.17) is 19.3 Å². The minimum atomic E-state index is -4.43. The number of phosphoric ester groups is 1.